The highest BCUT2D eigenvalue weighted by atomic mass is 19.2. The molecule has 0 radical (unpaired) electrons. The number of hydrogen-bond donors (Lipinski definition) is 3. The summed E-state index contributed by atoms with van der Waals surface area (Å²) >= 11 is 0. The molecule has 1 aliphatic rings. The Kier molecular flexibility index (Phi) is 9.08. The molecule has 2 atom stereocenters. The van der Waals surface area contributed by atoms with Gasteiger partial charge in [-0.2, -0.15) is 15.4 Å². The number of para-hydroxylation sites is 1. The molecule has 0 spiro atoms. The number of furan rings is 1. The van der Waals surface area contributed by atoms with Crippen LogP contribution in [0.1, 0.15) is 39.1 Å². The summed E-state index contributed by atoms with van der Waals surface area (Å²) in [5.74, 6) is -1.80. The zero-order valence-corrected chi connectivity index (χ0v) is 26.5. The summed E-state index contributed by atoms with van der Waals surface area (Å²) in [6.07, 6.45) is 0.648. The zero-order chi connectivity index (χ0) is 34.8. The molecule has 0 aliphatic carbocycles. The minimum Gasteiger partial charge on any atom is -0.449 e. The number of nitrogens with one attached hydrogen (secondary N) is 3. The zero-order valence-electron chi connectivity index (χ0n) is 26.5. The van der Waals surface area contributed by atoms with Crippen LogP contribution in [0.25, 0.3) is 16.9 Å². The maximum atomic E-state index is 14.3. The average Bonchev–Trinajstić information content (AvgIpc) is 3.81. The molecule has 0 saturated carbocycles. The van der Waals surface area contributed by atoms with E-state index in [1.165, 1.54) is 46.6 Å². The van der Waals surface area contributed by atoms with Gasteiger partial charge in [-0.3, -0.25) is 19.7 Å². The van der Waals surface area contributed by atoms with Crippen molar-refractivity contribution in [1.82, 2.24) is 30.0 Å². The Morgan fingerprint density at radius 2 is 1.86 bits per heavy atom. The van der Waals surface area contributed by atoms with Gasteiger partial charge in [-0.15, -0.1) is 0 Å². The van der Waals surface area contributed by atoms with Crippen molar-refractivity contribution in [2.75, 3.05) is 18.9 Å². The second-order valence-corrected chi connectivity index (χ2v) is 11.3. The lowest BCUT2D eigenvalue weighted by Gasteiger charge is -2.20. The number of rotatable bonds is 8. The first-order valence-electron chi connectivity index (χ1n) is 15.1. The summed E-state index contributed by atoms with van der Waals surface area (Å²) < 4.78 is 36.4. The predicted molar refractivity (Wildman–Crippen MR) is 172 cm³/mol. The number of pyridine rings is 1. The number of carbonyl (C=O) groups excluding carboxylic acids is 2. The molecule has 4 heterocycles. The van der Waals surface area contributed by atoms with Crippen LogP contribution in [0.4, 0.5) is 19.4 Å². The molecule has 0 unspecified atom stereocenters. The monoisotopic (exact) mass is 668 g/mol. The summed E-state index contributed by atoms with van der Waals surface area (Å²) in [6, 6.07) is 17.5. The van der Waals surface area contributed by atoms with Crippen molar-refractivity contribution in [3.8, 4) is 23.0 Å². The third-order valence-corrected chi connectivity index (χ3v) is 8.00. The van der Waals surface area contributed by atoms with Crippen molar-refractivity contribution >= 4 is 17.8 Å². The summed E-state index contributed by atoms with van der Waals surface area (Å²) in [5.41, 5.74) is 1.76. The molecule has 13 nitrogen and oxygen atoms in total. The lowest BCUT2D eigenvalue weighted by molar-refractivity contribution is -0.157. The van der Waals surface area contributed by atoms with Gasteiger partial charge in [-0.25, -0.2) is 18.3 Å². The second-order valence-electron chi connectivity index (χ2n) is 11.3. The van der Waals surface area contributed by atoms with Crippen LogP contribution in [0.5, 0.6) is 0 Å². The third kappa shape index (κ3) is 6.68. The van der Waals surface area contributed by atoms with E-state index in [2.05, 4.69) is 16.0 Å². The Hall–Kier alpha value is -6.11. The van der Waals surface area contributed by atoms with Gasteiger partial charge >= 0.3 is 6.03 Å². The minimum absolute atomic E-state index is 0.0733. The fourth-order valence-electron chi connectivity index (χ4n) is 5.62. The lowest BCUT2D eigenvalue weighted by Crippen LogP contribution is -2.42. The van der Waals surface area contributed by atoms with Crippen LogP contribution in [0.3, 0.4) is 0 Å². The highest BCUT2D eigenvalue weighted by Crippen LogP contribution is 2.33. The molecule has 0 bridgehead atoms. The summed E-state index contributed by atoms with van der Waals surface area (Å²) in [7, 11) is 2.96. The molecular formula is C34H30F2N8O5. The number of urea groups is 1. The van der Waals surface area contributed by atoms with Crippen LogP contribution in [-0.4, -0.2) is 51.0 Å². The standard InChI is InChI=1S/C34H30F2N8O5/c1-19-29(21-13-25(32(45)38-2)33(46)42(3)16-21)41-44(22-7-5-4-6-8-22)31(19)40-34(47)39-28-18-43(17-24-11-10-23(15-37)48-24)49-30(28)20-9-12-26(35)27(36)14-20/h4-14,16,28,30H,17-18H2,1-3H3,(H,38,45)(H2,39,40,47)/t28-,30+/m1/s1. The summed E-state index contributed by atoms with van der Waals surface area (Å²) in [5, 5.41) is 23.6. The fraction of sp³-hybridized carbons (Fsp3) is 0.206. The maximum absolute atomic E-state index is 14.3. The first-order valence-corrected chi connectivity index (χ1v) is 15.1. The molecule has 5 aromatic rings. The van der Waals surface area contributed by atoms with E-state index in [4.69, 9.17) is 19.6 Å². The molecule has 250 valence electrons. The number of amides is 3. The van der Waals surface area contributed by atoms with Gasteiger partial charge in [0.05, 0.1) is 24.0 Å². The largest absolute Gasteiger partial charge is 0.449 e. The Balaban J connectivity index is 1.32. The first-order chi connectivity index (χ1) is 23.6. The van der Waals surface area contributed by atoms with Gasteiger partial charge in [-0.05, 0) is 55.0 Å². The van der Waals surface area contributed by atoms with Gasteiger partial charge in [0.15, 0.2) is 11.6 Å². The molecule has 6 rings (SSSR count). The van der Waals surface area contributed by atoms with Gasteiger partial charge in [0.1, 0.15) is 29.3 Å². The fourth-order valence-corrected chi connectivity index (χ4v) is 5.62. The van der Waals surface area contributed by atoms with E-state index in [1.807, 2.05) is 12.1 Å². The van der Waals surface area contributed by atoms with E-state index in [0.717, 1.165) is 12.1 Å². The smallest absolute Gasteiger partial charge is 0.320 e. The number of hydrogen-bond acceptors (Lipinski definition) is 8. The van der Waals surface area contributed by atoms with E-state index < -0.39 is 41.3 Å². The number of anilines is 1. The number of nitrogens with zero attached hydrogens (tertiary/aromatic N) is 5. The number of carbonyl (C=O) groups is 2. The molecular weight excluding hydrogens is 638 g/mol. The predicted octanol–water partition coefficient (Wildman–Crippen LogP) is 4.33. The molecule has 1 fully saturated rings. The van der Waals surface area contributed by atoms with Gasteiger partial charge < -0.3 is 19.6 Å². The highest BCUT2D eigenvalue weighted by Gasteiger charge is 2.38. The van der Waals surface area contributed by atoms with Crippen LogP contribution < -0.4 is 21.5 Å². The van der Waals surface area contributed by atoms with Crippen molar-refractivity contribution in [2.24, 2.45) is 7.05 Å². The SMILES string of the molecule is CNC(=O)c1cc(-c2nn(-c3ccccc3)c(NC(=O)N[C@@H]3CN(Cc4ccc(C#N)o4)O[C@H]3c3ccc(F)c(F)c3)c2C)cn(C)c1=O. The summed E-state index contributed by atoms with van der Waals surface area (Å²) in [6.45, 7) is 1.98. The van der Waals surface area contributed by atoms with Crippen molar-refractivity contribution in [3.05, 3.63) is 123 Å². The van der Waals surface area contributed by atoms with Gasteiger partial charge in [0, 0.05) is 38.0 Å². The van der Waals surface area contributed by atoms with E-state index in [9.17, 15) is 23.2 Å². The highest BCUT2D eigenvalue weighted by molar-refractivity contribution is 5.95. The molecule has 3 amide bonds. The number of hydroxylamine groups is 2. The first kappa shape index (κ1) is 32.8. The minimum atomic E-state index is -1.07. The molecule has 1 aliphatic heterocycles. The van der Waals surface area contributed by atoms with Crippen molar-refractivity contribution in [2.45, 2.75) is 25.6 Å². The van der Waals surface area contributed by atoms with Crippen molar-refractivity contribution < 1.29 is 27.6 Å². The van der Waals surface area contributed by atoms with Crippen LogP contribution in [0.15, 0.2) is 82.1 Å². The van der Waals surface area contributed by atoms with Gasteiger partial charge in [-0.1, -0.05) is 24.3 Å². The Morgan fingerprint density at radius 1 is 1.08 bits per heavy atom. The van der Waals surface area contributed by atoms with E-state index >= 15 is 0 Å². The lowest BCUT2D eigenvalue weighted by atomic mass is 10.0. The summed E-state index contributed by atoms with van der Waals surface area (Å²) in [4.78, 5) is 44.9. The molecule has 15 heteroatoms. The molecule has 1 saturated heterocycles. The van der Waals surface area contributed by atoms with Crippen molar-refractivity contribution in [3.63, 3.8) is 0 Å². The molecule has 3 aromatic heterocycles. The molecule has 49 heavy (non-hydrogen) atoms. The number of nitriles is 1. The Morgan fingerprint density at radius 3 is 2.55 bits per heavy atom. The number of aromatic nitrogens is 3. The van der Waals surface area contributed by atoms with Crippen LogP contribution in [0.2, 0.25) is 0 Å². The van der Waals surface area contributed by atoms with Crippen molar-refractivity contribution in [1.29, 1.82) is 5.26 Å². The van der Waals surface area contributed by atoms with E-state index in [0.29, 0.717) is 39.6 Å². The number of aryl methyl sites for hydroxylation is 1. The van der Waals surface area contributed by atoms with Crippen LogP contribution in [0, 0.1) is 29.9 Å². The number of halogens is 2. The quantitative estimate of drug-likeness (QED) is 0.220. The molecule has 2 aromatic carbocycles. The van der Waals surface area contributed by atoms with Gasteiger partial charge in [0.25, 0.3) is 11.5 Å². The second kappa shape index (κ2) is 13.6. The van der Waals surface area contributed by atoms with Crippen LogP contribution in [-0.2, 0) is 18.4 Å². The van der Waals surface area contributed by atoms with E-state index in [1.54, 1.807) is 43.5 Å². The van der Waals surface area contributed by atoms with Gasteiger partial charge in [0.2, 0.25) is 5.76 Å². The third-order valence-electron chi connectivity index (χ3n) is 8.00. The maximum Gasteiger partial charge on any atom is 0.320 e. The van der Waals surface area contributed by atoms with Crippen LogP contribution >= 0.6 is 0 Å². The van der Waals surface area contributed by atoms with E-state index in [-0.39, 0.29) is 24.4 Å². The Labute approximate surface area is 278 Å². The number of benzene rings is 2. The topological polar surface area (TPSA) is 159 Å². The molecule has 3 N–H and O–H groups in total. The Bertz CT molecular complexity index is 2150. The average molecular weight is 669 g/mol. The normalized spacial score (nSPS) is 15.9.